The lowest BCUT2D eigenvalue weighted by Gasteiger charge is -2.04. The molecule has 0 aliphatic carbocycles. The molecule has 0 heterocycles. The molecular weight excluding hydrogens is 188 g/mol. The Bertz CT molecular complexity index is 143. The molecule has 0 aromatic heterocycles. The smallest absolute Gasteiger partial charge is 0.243 e. The van der Waals surface area contributed by atoms with Crippen LogP contribution in [0.2, 0.25) is 0 Å². The van der Waals surface area contributed by atoms with Gasteiger partial charge in [0.1, 0.15) is 6.61 Å². The van der Waals surface area contributed by atoms with Gasteiger partial charge >= 0.3 is 0 Å². The molecule has 0 rings (SSSR count). The van der Waals surface area contributed by atoms with Gasteiger partial charge in [-0.2, -0.15) is 0 Å². The Labute approximate surface area is 83.5 Å². The van der Waals surface area contributed by atoms with Crippen LogP contribution in [0.3, 0.4) is 0 Å². The molecule has 0 saturated heterocycles. The SMILES string of the molecule is NCCOCCOCCOCC(N)=O. The van der Waals surface area contributed by atoms with Gasteiger partial charge in [0, 0.05) is 6.54 Å². The Hall–Kier alpha value is -0.690. The van der Waals surface area contributed by atoms with Gasteiger partial charge in [-0.05, 0) is 0 Å². The van der Waals surface area contributed by atoms with E-state index in [0.29, 0.717) is 39.6 Å². The fourth-order valence-electron chi connectivity index (χ4n) is 0.696. The van der Waals surface area contributed by atoms with Crippen LogP contribution in [0, 0.1) is 0 Å². The second kappa shape index (κ2) is 10.4. The summed E-state index contributed by atoms with van der Waals surface area (Å²) in [6.45, 7) is 2.81. The van der Waals surface area contributed by atoms with E-state index in [2.05, 4.69) is 0 Å². The molecular formula is C8H18N2O4. The van der Waals surface area contributed by atoms with Crippen molar-refractivity contribution in [2.45, 2.75) is 0 Å². The van der Waals surface area contributed by atoms with Gasteiger partial charge in [-0.3, -0.25) is 4.79 Å². The summed E-state index contributed by atoms with van der Waals surface area (Å²) >= 11 is 0. The molecule has 6 nitrogen and oxygen atoms in total. The fraction of sp³-hybridized carbons (Fsp3) is 0.875. The van der Waals surface area contributed by atoms with Gasteiger partial charge < -0.3 is 25.7 Å². The van der Waals surface area contributed by atoms with E-state index in [1.54, 1.807) is 0 Å². The van der Waals surface area contributed by atoms with Gasteiger partial charge in [-0.25, -0.2) is 0 Å². The number of rotatable bonds is 10. The number of hydrogen-bond acceptors (Lipinski definition) is 5. The van der Waals surface area contributed by atoms with Crippen LogP contribution in [0.4, 0.5) is 0 Å². The summed E-state index contributed by atoms with van der Waals surface area (Å²) < 4.78 is 15.0. The molecule has 0 saturated carbocycles. The Morgan fingerprint density at radius 3 is 1.93 bits per heavy atom. The van der Waals surface area contributed by atoms with Crippen molar-refractivity contribution in [2.75, 3.05) is 46.2 Å². The molecule has 1 amide bonds. The van der Waals surface area contributed by atoms with Gasteiger partial charge in [0.2, 0.25) is 5.91 Å². The zero-order chi connectivity index (χ0) is 10.6. The lowest BCUT2D eigenvalue weighted by atomic mass is 10.6. The van der Waals surface area contributed by atoms with Crippen LogP contribution in [-0.2, 0) is 19.0 Å². The lowest BCUT2D eigenvalue weighted by molar-refractivity contribution is -0.123. The quantitative estimate of drug-likeness (QED) is 0.423. The van der Waals surface area contributed by atoms with Crippen molar-refractivity contribution in [1.29, 1.82) is 0 Å². The third-order valence-corrected chi connectivity index (χ3v) is 1.25. The summed E-state index contributed by atoms with van der Waals surface area (Å²) in [5.41, 5.74) is 10.1. The molecule has 0 unspecified atom stereocenters. The van der Waals surface area contributed by atoms with Crippen molar-refractivity contribution in [3.05, 3.63) is 0 Å². The average molecular weight is 206 g/mol. The van der Waals surface area contributed by atoms with Gasteiger partial charge in [-0.15, -0.1) is 0 Å². The molecule has 84 valence electrons. The molecule has 4 N–H and O–H groups in total. The van der Waals surface area contributed by atoms with E-state index >= 15 is 0 Å². The molecule has 0 atom stereocenters. The van der Waals surface area contributed by atoms with Gasteiger partial charge in [0.25, 0.3) is 0 Å². The van der Waals surface area contributed by atoms with E-state index in [9.17, 15) is 4.79 Å². The fourth-order valence-corrected chi connectivity index (χ4v) is 0.696. The highest BCUT2D eigenvalue weighted by Crippen LogP contribution is 1.80. The molecule has 14 heavy (non-hydrogen) atoms. The lowest BCUT2D eigenvalue weighted by Crippen LogP contribution is -2.20. The Morgan fingerprint density at radius 2 is 1.43 bits per heavy atom. The first kappa shape index (κ1) is 13.3. The van der Waals surface area contributed by atoms with E-state index in [4.69, 9.17) is 25.7 Å². The number of carbonyl (C=O) groups is 1. The van der Waals surface area contributed by atoms with Crippen LogP contribution < -0.4 is 11.5 Å². The standard InChI is InChI=1S/C8H18N2O4/c9-1-2-12-3-4-13-5-6-14-7-8(10)11/h1-7,9H2,(H2,10,11). The summed E-state index contributed by atoms with van der Waals surface area (Å²) in [6, 6.07) is 0. The molecule has 0 aromatic rings. The molecule has 0 radical (unpaired) electrons. The van der Waals surface area contributed by atoms with Gasteiger partial charge in [0.15, 0.2) is 0 Å². The number of hydrogen-bond donors (Lipinski definition) is 2. The van der Waals surface area contributed by atoms with Crippen molar-refractivity contribution in [1.82, 2.24) is 0 Å². The Kier molecular flexibility index (Phi) is 9.88. The minimum Gasteiger partial charge on any atom is -0.378 e. The van der Waals surface area contributed by atoms with Crippen LogP contribution in [0.5, 0.6) is 0 Å². The number of nitrogens with two attached hydrogens (primary N) is 2. The van der Waals surface area contributed by atoms with Crippen LogP contribution in [-0.4, -0.2) is 52.1 Å². The third kappa shape index (κ3) is 11.3. The summed E-state index contributed by atoms with van der Waals surface area (Å²) in [5, 5.41) is 0. The molecule has 0 aliphatic heterocycles. The largest absolute Gasteiger partial charge is 0.378 e. The monoisotopic (exact) mass is 206 g/mol. The molecule has 0 spiro atoms. The van der Waals surface area contributed by atoms with Crippen molar-refractivity contribution in [2.24, 2.45) is 11.5 Å². The highest BCUT2D eigenvalue weighted by atomic mass is 16.5. The summed E-state index contributed by atoms with van der Waals surface area (Å²) in [5.74, 6) is -0.476. The van der Waals surface area contributed by atoms with E-state index in [-0.39, 0.29) is 6.61 Å². The predicted molar refractivity (Wildman–Crippen MR) is 50.7 cm³/mol. The Morgan fingerprint density at radius 1 is 0.929 bits per heavy atom. The van der Waals surface area contributed by atoms with Gasteiger partial charge in [-0.1, -0.05) is 0 Å². The zero-order valence-corrected chi connectivity index (χ0v) is 8.24. The molecule has 0 aromatic carbocycles. The van der Waals surface area contributed by atoms with Crippen molar-refractivity contribution < 1.29 is 19.0 Å². The molecule has 0 bridgehead atoms. The first-order valence-electron chi connectivity index (χ1n) is 4.49. The van der Waals surface area contributed by atoms with Crippen LogP contribution in [0.15, 0.2) is 0 Å². The molecule has 6 heteroatoms. The number of amides is 1. The minimum atomic E-state index is -0.476. The van der Waals surface area contributed by atoms with Crippen LogP contribution in [0.25, 0.3) is 0 Å². The molecule has 0 aliphatic rings. The van der Waals surface area contributed by atoms with Crippen molar-refractivity contribution in [3.63, 3.8) is 0 Å². The van der Waals surface area contributed by atoms with E-state index in [1.165, 1.54) is 0 Å². The topological polar surface area (TPSA) is 96.8 Å². The first-order chi connectivity index (χ1) is 6.77. The van der Waals surface area contributed by atoms with E-state index in [0.717, 1.165) is 0 Å². The second-order valence-electron chi connectivity index (χ2n) is 2.53. The summed E-state index contributed by atoms with van der Waals surface area (Å²) in [7, 11) is 0. The second-order valence-corrected chi connectivity index (χ2v) is 2.53. The zero-order valence-electron chi connectivity index (χ0n) is 8.24. The maximum Gasteiger partial charge on any atom is 0.243 e. The predicted octanol–water partition coefficient (Wildman–Crippen LogP) is -1.52. The average Bonchev–Trinajstić information content (AvgIpc) is 2.15. The van der Waals surface area contributed by atoms with Crippen molar-refractivity contribution >= 4 is 5.91 Å². The van der Waals surface area contributed by atoms with Crippen molar-refractivity contribution in [3.8, 4) is 0 Å². The maximum absolute atomic E-state index is 10.2. The van der Waals surface area contributed by atoms with E-state index in [1.807, 2.05) is 0 Å². The normalized spacial score (nSPS) is 10.4. The summed E-state index contributed by atoms with van der Waals surface area (Å²) in [4.78, 5) is 10.2. The van der Waals surface area contributed by atoms with E-state index < -0.39 is 5.91 Å². The van der Waals surface area contributed by atoms with Crippen LogP contribution in [0.1, 0.15) is 0 Å². The minimum absolute atomic E-state index is 0.0625. The van der Waals surface area contributed by atoms with Crippen LogP contribution >= 0.6 is 0 Å². The number of ether oxygens (including phenoxy) is 3. The Balaban J connectivity index is 2.88. The first-order valence-corrected chi connectivity index (χ1v) is 4.49. The third-order valence-electron chi connectivity index (χ3n) is 1.25. The number of carbonyl (C=O) groups excluding carboxylic acids is 1. The molecule has 0 fully saturated rings. The van der Waals surface area contributed by atoms with Gasteiger partial charge in [0.05, 0.1) is 33.0 Å². The highest BCUT2D eigenvalue weighted by Gasteiger charge is 1.93. The highest BCUT2D eigenvalue weighted by molar-refractivity contribution is 5.74. The summed E-state index contributed by atoms with van der Waals surface area (Å²) in [6.07, 6.45) is 0. The number of primary amides is 1. The maximum atomic E-state index is 10.2.